The molecule has 1 rings (SSSR count). The first-order chi connectivity index (χ1) is 8.95. The van der Waals surface area contributed by atoms with Crippen molar-refractivity contribution in [2.75, 3.05) is 29.7 Å². The summed E-state index contributed by atoms with van der Waals surface area (Å²) in [6.45, 7) is 1.92. The van der Waals surface area contributed by atoms with E-state index in [-0.39, 0.29) is 11.7 Å². The number of para-hydroxylation sites is 1. The van der Waals surface area contributed by atoms with E-state index in [9.17, 15) is 14.3 Å². The lowest BCUT2D eigenvalue weighted by Gasteiger charge is -2.15. The summed E-state index contributed by atoms with van der Waals surface area (Å²) in [4.78, 5) is 10.7. The topological polar surface area (TPSA) is 84.3 Å². The van der Waals surface area contributed by atoms with E-state index in [4.69, 9.17) is 0 Å². The quantitative estimate of drug-likeness (QED) is 0.592. The first kappa shape index (κ1) is 15.4. The van der Waals surface area contributed by atoms with Crippen molar-refractivity contribution in [2.24, 2.45) is 0 Å². The Kier molecular flexibility index (Phi) is 5.75. The van der Waals surface area contributed by atoms with Crippen molar-refractivity contribution in [2.45, 2.75) is 19.4 Å². The van der Waals surface area contributed by atoms with E-state index in [1.165, 1.54) is 0 Å². The largest absolute Gasteiger partial charge is 0.382 e. The molecule has 0 amide bonds. The maximum atomic E-state index is 11.1. The van der Waals surface area contributed by atoms with Crippen molar-refractivity contribution < 1.29 is 9.13 Å². The molecular weight excluding hydrogens is 266 g/mol. The predicted molar refractivity (Wildman–Crippen MR) is 79.3 cm³/mol. The van der Waals surface area contributed by atoms with Crippen LogP contribution in [0.25, 0.3) is 0 Å². The molecule has 6 nitrogen and oxygen atoms in total. The molecule has 0 aliphatic rings. The lowest BCUT2D eigenvalue weighted by molar-refractivity contribution is -0.383. The van der Waals surface area contributed by atoms with E-state index in [1.54, 1.807) is 31.5 Å². The van der Waals surface area contributed by atoms with Crippen molar-refractivity contribution in [3.63, 3.8) is 0 Å². The van der Waals surface area contributed by atoms with Gasteiger partial charge in [-0.3, -0.25) is 14.3 Å². The fourth-order valence-electron chi connectivity index (χ4n) is 1.74. The van der Waals surface area contributed by atoms with Gasteiger partial charge in [0, 0.05) is 35.9 Å². The Hall–Kier alpha value is -1.63. The number of rotatable bonds is 7. The van der Waals surface area contributed by atoms with Crippen LogP contribution in [-0.4, -0.2) is 34.2 Å². The summed E-state index contributed by atoms with van der Waals surface area (Å²) in [7, 11) is 0.798. The molecule has 2 atom stereocenters. The Morgan fingerprint density at radius 1 is 1.42 bits per heavy atom. The number of hydrogen-bond donors (Lipinski definition) is 2. The van der Waals surface area contributed by atoms with Gasteiger partial charge in [-0.05, 0) is 25.5 Å². The van der Waals surface area contributed by atoms with Crippen LogP contribution in [0.1, 0.15) is 13.3 Å². The zero-order chi connectivity index (χ0) is 14.4. The van der Waals surface area contributed by atoms with Crippen molar-refractivity contribution >= 4 is 27.9 Å². The third-order valence-corrected chi connectivity index (χ3v) is 3.54. The van der Waals surface area contributed by atoms with Gasteiger partial charge >= 0.3 is 5.69 Å². The van der Waals surface area contributed by atoms with Gasteiger partial charge in [0.2, 0.25) is 0 Å². The van der Waals surface area contributed by atoms with Crippen LogP contribution in [0.3, 0.4) is 0 Å². The van der Waals surface area contributed by atoms with Gasteiger partial charge in [-0.2, -0.15) is 0 Å². The van der Waals surface area contributed by atoms with Crippen LogP contribution < -0.4 is 10.6 Å². The molecule has 0 fully saturated rings. The Morgan fingerprint density at radius 2 is 2.05 bits per heavy atom. The fraction of sp³-hybridized carbons (Fsp3) is 0.500. The first-order valence-electron chi connectivity index (χ1n) is 5.97. The van der Waals surface area contributed by atoms with Crippen molar-refractivity contribution in [3.05, 3.63) is 28.3 Å². The summed E-state index contributed by atoms with van der Waals surface area (Å²) in [6, 6.07) is 5.12. The molecule has 0 aromatic heterocycles. The van der Waals surface area contributed by atoms with Crippen molar-refractivity contribution in [3.8, 4) is 0 Å². The molecule has 1 aromatic rings. The molecule has 106 valence electrons. The molecule has 0 saturated heterocycles. The lowest BCUT2D eigenvalue weighted by atomic mass is 10.2. The van der Waals surface area contributed by atoms with Crippen LogP contribution >= 0.6 is 0 Å². The van der Waals surface area contributed by atoms with Gasteiger partial charge in [0.1, 0.15) is 11.4 Å². The molecule has 0 heterocycles. The van der Waals surface area contributed by atoms with Crippen LogP contribution in [-0.2, 0) is 10.8 Å². The summed E-state index contributed by atoms with van der Waals surface area (Å²) in [5, 5.41) is 17.0. The van der Waals surface area contributed by atoms with Gasteiger partial charge in [0.15, 0.2) is 0 Å². The number of nitro benzene ring substituents is 1. The van der Waals surface area contributed by atoms with E-state index < -0.39 is 15.7 Å². The molecule has 0 spiro atoms. The van der Waals surface area contributed by atoms with Gasteiger partial charge in [-0.1, -0.05) is 6.07 Å². The lowest BCUT2D eigenvalue weighted by Crippen LogP contribution is -2.18. The molecule has 7 heteroatoms. The van der Waals surface area contributed by atoms with Gasteiger partial charge in [0.25, 0.3) is 0 Å². The smallest absolute Gasteiger partial charge is 0.315 e. The monoisotopic (exact) mass is 285 g/mol. The second kappa shape index (κ2) is 7.08. The van der Waals surface area contributed by atoms with Gasteiger partial charge in [-0.15, -0.1) is 0 Å². The highest BCUT2D eigenvalue weighted by Crippen LogP contribution is 2.32. The maximum absolute atomic E-state index is 11.1. The molecule has 0 saturated carbocycles. The SMILES string of the molecule is CNc1cccc(NC(C)CCS(C)=O)c1[N+](=O)[O-]. The highest BCUT2D eigenvalue weighted by Gasteiger charge is 2.19. The average Bonchev–Trinajstić information content (AvgIpc) is 2.35. The van der Waals surface area contributed by atoms with Gasteiger partial charge < -0.3 is 10.6 Å². The Morgan fingerprint density at radius 3 is 2.58 bits per heavy atom. The van der Waals surface area contributed by atoms with Gasteiger partial charge in [0.05, 0.1) is 4.92 Å². The highest BCUT2D eigenvalue weighted by molar-refractivity contribution is 7.84. The number of nitrogens with one attached hydrogen (secondary N) is 2. The molecule has 2 N–H and O–H groups in total. The first-order valence-corrected chi connectivity index (χ1v) is 7.70. The van der Waals surface area contributed by atoms with Gasteiger partial charge in [-0.25, -0.2) is 0 Å². The third-order valence-electron chi connectivity index (χ3n) is 2.73. The number of benzene rings is 1. The third kappa shape index (κ3) is 4.51. The second-order valence-corrected chi connectivity index (χ2v) is 5.87. The van der Waals surface area contributed by atoms with Crippen molar-refractivity contribution in [1.29, 1.82) is 0 Å². The zero-order valence-corrected chi connectivity index (χ0v) is 12.1. The Labute approximate surface area is 115 Å². The molecule has 0 aliphatic heterocycles. The minimum Gasteiger partial charge on any atom is -0.382 e. The minimum atomic E-state index is -0.850. The van der Waals surface area contributed by atoms with E-state index in [0.717, 1.165) is 0 Å². The molecule has 19 heavy (non-hydrogen) atoms. The standard InChI is InChI=1S/C12H19N3O3S/c1-9(7-8-19(3)18)14-11-6-4-5-10(13-2)12(11)15(16)17/h4-6,9,13-14H,7-8H2,1-3H3. The summed E-state index contributed by atoms with van der Waals surface area (Å²) >= 11 is 0. The normalized spacial score (nSPS) is 13.6. The molecule has 2 unspecified atom stereocenters. The summed E-state index contributed by atoms with van der Waals surface area (Å²) in [5.74, 6) is 0.577. The Balaban J connectivity index is 2.88. The van der Waals surface area contributed by atoms with E-state index in [1.807, 2.05) is 6.92 Å². The fourth-order valence-corrected chi connectivity index (χ4v) is 2.42. The van der Waals surface area contributed by atoms with E-state index >= 15 is 0 Å². The summed E-state index contributed by atoms with van der Waals surface area (Å²) in [6.07, 6.45) is 2.35. The summed E-state index contributed by atoms with van der Waals surface area (Å²) in [5.41, 5.74) is 0.988. The number of nitrogens with zero attached hydrogens (tertiary/aromatic N) is 1. The number of hydrogen-bond acceptors (Lipinski definition) is 5. The van der Waals surface area contributed by atoms with Crippen LogP contribution in [0.15, 0.2) is 18.2 Å². The molecule has 1 aromatic carbocycles. The predicted octanol–water partition coefficient (Wildman–Crippen LogP) is 2.21. The van der Waals surface area contributed by atoms with Crippen LogP contribution in [0.5, 0.6) is 0 Å². The average molecular weight is 285 g/mol. The molecular formula is C12H19N3O3S. The number of anilines is 2. The molecule has 0 aliphatic carbocycles. The van der Waals surface area contributed by atoms with Crippen molar-refractivity contribution in [1.82, 2.24) is 0 Å². The highest BCUT2D eigenvalue weighted by atomic mass is 32.2. The van der Waals surface area contributed by atoms with E-state index in [0.29, 0.717) is 23.5 Å². The maximum Gasteiger partial charge on any atom is 0.315 e. The van der Waals surface area contributed by atoms with Crippen LogP contribution in [0.4, 0.5) is 17.1 Å². The second-order valence-electron chi connectivity index (χ2n) is 4.32. The van der Waals surface area contributed by atoms with E-state index in [2.05, 4.69) is 10.6 Å². The molecule has 0 bridgehead atoms. The summed E-state index contributed by atoms with van der Waals surface area (Å²) < 4.78 is 11.0. The minimum absolute atomic E-state index is 0.0229. The molecule has 0 radical (unpaired) electrons. The zero-order valence-electron chi connectivity index (χ0n) is 11.3. The Bertz CT molecular complexity index is 479. The van der Waals surface area contributed by atoms with Crippen LogP contribution in [0, 0.1) is 10.1 Å². The number of nitro groups is 1. The van der Waals surface area contributed by atoms with Crippen LogP contribution in [0.2, 0.25) is 0 Å².